The van der Waals surface area contributed by atoms with Crippen molar-refractivity contribution in [3.05, 3.63) is 64.7 Å². The third kappa shape index (κ3) is 5.12. The van der Waals surface area contributed by atoms with Gasteiger partial charge in [0, 0.05) is 41.8 Å². The van der Waals surface area contributed by atoms with E-state index < -0.39 is 0 Å². The zero-order valence-electron chi connectivity index (χ0n) is 16.0. The summed E-state index contributed by atoms with van der Waals surface area (Å²) < 4.78 is 0. The standard InChI is InChI=1S/C22H26ClN3O2/c1-15(27)26(21-8-3-2-7-20(21)24)14-16-9-11-19(12-10-16)25-22(28)17-5-4-6-18(23)13-17/h4-6,9-13,20-21H,2-3,7-8,14,24H2,1H3,(H,25,28). The molecule has 0 bridgehead atoms. The average Bonchev–Trinajstić information content (AvgIpc) is 2.68. The number of rotatable bonds is 5. The molecule has 0 radical (unpaired) electrons. The lowest BCUT2D eigenvalue weighted by Gasteiger charge is -2.38. The first kappa shape index (κ1) is 20.4. The molecule has 2 aromatic carbocycles. The number of nitrogens with one attached hydrogen (secondary N) is 1. The number of nitrogens with two attached hydrogens (primary N) is 1. The van der Waals surface area contributed by atoms with Gasteiger partial charge in [-0.3, -0.25) is 9.59 Å². The van der Waals surface area contributed by atoms with Crippen LogP contribution in [-0.4, -0.2) is 28.8 Å². The van der Waals surface area contributed by atoms with Gasteiger partial charge in [-0.2, -0.15) is 0 Å². The third-order valence-electron chi connectivity index (χ3n) is 5.24. The molecular weight excluding hydrogens is 374 g/mol. The number of anilines is 1. The van der Waals surface area contributed by atoms with Gasteiger partial charge in [-0.05, 0) is 48.7 Å². The van der Waals surface area contributed by atoms with Crippen molar-refractivity contribution >= 4 is 29.1 Å². The summed E-state index contributed by atoms with van der Waals surface area (Å²) >= 11 is 5.94. The highest BCUT2D eigenvalue weighted by Gasteiger charge is 2.29. The van der Waals surface area contributed by atoms with Crippen LogP contribution in [0, 0.1) is 0 Å². The van der Waals surface area contributed by atoms with E-state index in [2.05, 4.69) is 5.32 Å². The van der Waals surface area contributed by atoms with Crippen LogP contribution in [0.2, 0.25) is 5.02 Å². The summed E-state index contributed by atoms with van der Waals surface area (Å²) in [4.78, 5) is 26.4. The zero-order valence-corrected chi connectivity index (χ0v) is 16.8. The summed E-state index contributed by atoms with van der Waals surface area (Å²) in [6.45, 7) is 2.12. The molecule has 1 saturated carbocycles. The van der Waals surface area contributed by atoms with Crippen molar-refractivity contribution in [3.63, 3.8) is 0 Å². The van der Waals surface area contributed by atoms with Crippen LogP contribution in [0.25, 0.3) is 0 Å². The molecule has 1 aliphatic rings. The minimum Gasteiger partial charge on any atom is -0.334 e. The van der Waals surface area contributed by atoms with Crippen LogP contribution in [-0.2, 0) is 11.3 Å². The van der Waals surface area contributed by atoms with Crippen molar-refractivity contribution in [3.8, 4) is 0 Å². The topological polar surface area (TPSA) is 75.4 Å². The highest BCUT2D eigenvalue weighted by Crippen LogP contribution is 2.24. The van der Waals surface area contributed by atoms with E-state index in [0.717, 1.165) is 31.2 Å². The molecule has 6 heteroatoms. The summed E-state index contributed by atoms with van der Waals surface area (Å²) in [5.41, 5.74) is 8.47. The fourth-order valence-electron chi connectivity index (χ4n) is 3.71. The summed E-state index contributed by atoms with van der Waals surface area (Å²) in [6.07, 6.45) is 4.15. The van der Waals surface area contributed by atoms with E-state index in [0.29, 0.717) is 22.8 Å². The third-order valence-corrected chi connectivity index (χ3v) is 5.47. The summed E-state index contributed by atoms with van der Waals surface area (Å²) in [6, 6.07) is 14.5. The van der Waals surface area contributed by atoms with E-state index in [1.807, 2.05) is 29.2 Å². The Morgan fingerprint density at radius 3 is 2.50 bits per heavy atom. The van der Waals surface area contributed by atoms with Gasteiger partial charge in [-0.25, -0.2) is 0 Å². The number of benzene rings is 2. The number of halogens is 1. The predicted octanol–water partition coefficient (Wildman–Crippen LogP) is 4.21. The molecule has 0 aliphatic heterocycles. The zero-order chi connectivity index (χ0) is 20.1. The molecule has 1 aliphatic carbocycles. The Bertz CT molecular complexity index is 838. The first-order valence-electron chi connectivity index (χ1n) is 9.62. The molecule has 0 heterocycles. The summed E-state index contributed by atoms with van der Waals surface area (Å²) in [5.74, 6) is -0.172. The number of carbonyl (C=O) groups is 2. The maximum absolute atomic E-state index is 12.3. The Labute approximate surface area is 170 Å². The van der Waals surface area contributed by atoms with Crippen molar-refractivity contribution < 1.29 is 9.59 Å². The van der Waals surface area contributed by atoms with Crippen molar-refractivity contribution in [1.29, 1.82) is 0 Å². The van der Waals surface area contributed by atoms with Gasteiger partial charge in [-0.15, -0.1) is 0 Å². The number of hydrogen-bond donors (Lipinski definition) is 2. The van der Waals surface area contributed by atoms with Crippen LogP contribution in [0.15, 0.2) is 48.5 Å². The van der Waals surface area contributed by atoms with Gasteiger partial charge in [0.05, 0.1) is 0 Å². The van der Waals surface area contributed by atoms with Crippen molar-refractivity contribution in [2.45, 2.75) is 51.2 Å². The highest BCUT2D eigenvalue weighted by molar-refractivity contribution is 6.31. The van der Waals surface area contributed by atoms with Gasteiger partial charge in [-0.1, -0.05) is 42.6 Å². The number of carbonyl (C=O) groups excluding carboxylic acids is 2. The normalized spacial score (nSPS) is 19.1. The van der Waals surface area contributed by atoms with E-state index in [9.17, 15) is 9.59 Å². The van der Waals surface area contributed by atoms with Gasteiger partial charge < -0.3 is 16.0 Å². The molecule has 1 fully saturated rings. The highest BCUT2D eigenvalue weighted by atomic mass is 35.5. The summed E-state index contributed by atoms with van der Waals surface area (Å²) in [5, 5.41) is 3.38. The van der Waals surface area contributed by atoms with E-state index >= 15 is 0 Å². The molecule has 148 valence electrons. The second-order valence-electron chi connectivity index (χ2n) is 7.32. The number of nitrogens with zero attached hydrogens (tertiary/aromatic N) is 1. The van der Waals surface area contributed by atoms with Crippen LogP contribution in [0.4, 0.5) is 5.69 Å². The van der Waals surface area contributed by atoms with Crippen LogP contribution >= 0.6 is 11.6 Å². The Morgan fingerprint density at radius 1 is 1.14 bits per heavy atom. The summed E-state index contributed by atoms with van der Waals surface area (Å²) in [7, 11) is 0. The Kier molecular flexibility index (Phi) is 6.70. The van der Waals surface area contributed by atoms with Crippen molar-refractivity contribution in [2.24, 2.45) is 5.73 Å². The fraction of sp³-hybridized carbons (Fsp3) is 0.364. The minimum absolute atomic E-state index is 0.0360. The lowest BCUT2D eigenvalue weighted by atomic mass is 9.89. The van der Waals surface area contributed by atoms with Gasteiger partial charge in [0.25, 0.3) is 5.91 Å². The number of amides is 2. The van der Waals surface area contributed by atoms with Gasteiger partial charge in [0.1, 0.15) is 0 Å². The molecule has 3 rings (SSSR count). The van der Waals surface area contributed by atoms with Crippen LogP contribution in [0.1, 0.15) is 48.5 Å². The quantitative estimate of drug-likeness (QED) is 0.790. The maximum atomic E-state index is 12.3. The maximum Gasteiger partial charge on any atom is 0.255 e. The molecule has 28 heavy (non-hydrogen) atoms. The first-order chi connectivity index (χ1) is 13.4. The fourth-order valence-corrected chi connectivity index (χ4v) is 3.90. The first-order valence-corrected chi connectivity index (χ1v) is 10.0. The lowest BCUT2D eigenvalue weighted by Crippen LogP contribution is -2.50. The molecule has 2 atom stereocenters. The molecule has 0 spiro atoms. The average molecular weight is 400 g/mol. The second-order valence-corrected chi connectivity index (χ2v) is 7.76. The van der Waals surface area contributed by atoms with E-state index in [1.54, 1.807) is 31.2 Å². The van der Waals surface area contributed by atoms with Crippen molar-refractivity contribution in [2.75, 3.05) is 5.32 Å². The monoisotopic (exact) mass is 399 g/mol. The largest absolute Gasteiger partial charge is 0.334 e. The lowest BCUT2D eigenvalue weighted by molar-refractivity contribution is -0.133. The molecule has 0 aromatic heterocycles. The Balaban J connectivity index is 1.66. The molecule has 2 aromatic rings. The van der Waals surface area contributed by atoms with Crippen LogP contribution in [0.5, 0.6) is 0 Å². The minimum atomic E-state index is -0.214. The van der Waals surface area contributed by atoms with Crippen molar-refractivity contribution in [1.82, 2.24) is 4.90 Å². The molecular formula is C22H26ClN3O2. The molecule has 2 amide bonds. The molecule has 3 N–H and O–H groups in total. The van der Waals surface area contributed by atoms with E-state index in [-0.39, 0.29) is 23.9 Å². The second kappa shape index (κ2) is 9.22. The molecule has 0 saturated heterocycles. The van der Waals surface area contributed by atoms with Gasteiger partial charge in [0.15, 0.2) is 0 Å². The molecule has 2 unspecified atom stereocenters. The van der Waals surface area contributed by atoms with E-state index in [4.69, 9.17) is 17.3 Å². The van der Waals surface area contributed by atoms with Gasteiger partial charge >= 0.3 is 0 Å². The molecule has 5 nitrogen and oxygen atoms in total. The van der Waals surface area contributed by atoms with Gasteiger partial charge in [0.2, 0.25) is 5.91 Å². The van der Waals surface area contributed by atoms with Crippen LogP contribution < -0.4 is 11.1 Å². The smallest absolute Gasteiger partial charge is 0.255 e. The van der Waals surface area contributed by atoms with E-state index in [1.165, 1.54) is 0 Å². The van der Waals surface area contributed by atoms with Crippen LogP contribution in [0.3, 0.4) is 0 Å². The number of hydrogen-bond acceptors (Lipinski definition) is 3. The SMILES string of the molecule is CC(=O)N(Cc1ccc(NC(=O)c2cccc(Cl)c2)cc1)C1CCCCC1N. The Morgan fingerprint density at radius 2 is 1.86 bits per heavy atom. The Hall–Kier alpha value is -2.37. The predicted molar refractivity (Wildman–Crippen MR) is 112 cm³/mol.